The normalized spacial score (nSPS) is 20.6. The van der Waals surface area contributed by atoms with Crippen LogP contribution >= 0.6 is 84.0 Å². The number of halogens is 9. The second-order valence-electron chi connectivity index (χ2n) is 48.1. The molecule has 40 rings (SSSR count). The molecule has 0 spiro atoms. The summed E-state index contributed by atoms with van der Waals surface area (Å²) in [5.41, 5.74) is 46.0. The summed E-state index contributed by atoms with van der Waals surface area (Å²) in [4.78, 5) is 0. The SMILES string of the molecule is CC1(C)c2ccc(P34(N=IF)B5[BH2-]B3B54)cc2B2c3c(cccc31)-n1c3ccccc3c3cccc2c31.CC1(C)c2cccc3c2B(c2c1cccc2P12(N=IF)B4[BH2-]B1B42)c1cccc2c4ccccc4n-3c12.CC1(C)c2ccccc2B2c3c(cccc31)-n1c3ccccc3c3ccc(P45(N=IF)B6[BH2-]B4B65)c2c31.Cc1ccc2c(c1)C(C)(C)c1cccc3c1B2c1cccc2c4ccccc4n-3c12.[F-].[F-].[F-]. The Hall–Kier alpha value is -9.78. The van der Waals surface area contributed by atoms with Crippen LogP contribution in [0.15, 0.2) is 324 Å². The maximum Gasteiger partial charge on any atom is 0.247 e. The fraction of sp³-hybridized carbons (Fsp3) is 0.119. The second kappa shape index (κ2) is 28.0. The third-order valence-corrected chi connectivity index (χ3v) is 77.3. The minimum atomic E-state index is -2.38. The molecule has 0 aliphatic carbocycles. The summed E-state index contributed by atoms with van der Waals surface area (Å²) in [6.07, 6.45) is 0.374. The standard InChI is InChI=1S/C28H22BN.3C27H21B5FIN2P.3FH/c1-17-14-15-22-21(16-17)28(2,3)20-10-7-13-25-26(20)29(22)23-11-6-9-19-18-8-4-5-12-24(18)30(25)27(19)23;1-27(2)18-9-4-5-11-20(18)29-24-19(27)10-7-13-22(24)36-21-12-6-3-8-16(21)17-14-15-23(25(29)26(17)36)37(35-34-33)30-28-31(37)32(30)37;1-27(2)18-10-6-14-22-24(18)29(20-12-5-9-17-16-8-3-4-13-21(16)36(22)26(17)20)25-19(27)11-7-15-23(25)37(35-34-33)30-28-31(37)32(30)37;1-27(2)19-14-13-16(37(35-34-33)30-28-31(37)32(30)37)15-22(19)29-21-10-5-8-18-17-7-3-4-11-23(17)36(26(18)21)24-12-6-9-20(27)25(24)29;;;/h4-16H,1-3H3;3*3-15H,28H2,1-2H3;3*1H/q;3*-1;;;/p-3. The Labute approximate surface area is 870 Å². The molecule has 4 aromatic heterocycles. The minimum Gasteiger partial charge on any atom is -1.00 e. The number of benzene rings is 16. The largest absolute Gasteiger partial charge is 1.00 e. The van der Waals surface area contributed by atoms with Crippen molar-refractivity contribution in [1.82, 2.24) is 18.3 Å². The van der Waals surface area contributed by atoms with Crippen molar-refractivity contribution in [2.75, 3.05) is 0 Å². The first kappa shape index (κ1) is 88.3. The van der Waals surface area contributed by atoms with Crippen molar-refractivity contribution >= 4 is 357 Å². The Bertz CT molecular complexity index is 9620. The Morgan fingerprint density at radius 1 is 0.257 bits per heavy atom. The average molecular weight is 2250 g/mol. The second-order valence-corrected chi connectivity index (χ2v) is 69.4. The number of hydrogen-bond donors (Lipinski definition) is 0. The molecule has 12 fully saturated rings. The van der Waals surface area contributed by atoms with E-state index in [1.165, 1.54) is 242 Å². The molecular weight excluding hydrogens is 2170 g/mol. The van der Waals surface area contributed by atoms with E-state index >= 15 is 0 Å². The summed E-state index contributed by atoms with van der Waals surface area (Å²) < 4.78 is 67.9. The van der Waals surface area contributed by atoms with Crippen LogP contribution in [0.4, 0.5) is 8.58 Å². The molecule has 0 atom stereocenters. The van der Waals surface area contributed by atoms with Crippen LogP contribution in [0.3, 0.4) is 0 Å². The zero-order valence-corrected chi connectivity index (χ0v) is 90.6. The van der Waals surface area contributed by atoms with Gasteiger partial charge < -0.3 is 18.7 Å². The van der Waals surface area contributed by atoms with Gasteiger partial charge in [0.2, 0.25) is 6.71 Å². The Balaban J connectivity index is 0.0000000873. The first-order chi connectivity index (χ1) is 68.7. The third kappa shape index (κ3) is 9.28. The smallest absolute Gasteiger partial charge is 0.247 e. The van der Waals surface area contributed by atoms with E-state index in [-0.39, 0.29) is 77.1 Å². The molecule has 144 heavy (non-hydrogen) atoms. The van der Waals surface area contributed by atoms with E-state index in [0.717, 1.165) is 55.9 Å². The molecule has 20 aromatic rings. The van der Waals surface area contributed by atoms with E-state index in [0.29, 0.717) is 6.71 Å². The van der Waals surface area contributed by atoms with Gasteiger partial charge in [0.15, 0.2) is 0 Å². The fourth-order valence-corrected chi connectivity index (χ4v) is 80.2. The number of nitrogens with zero attached hydrogens (tertiary/aromatic N) is 7. The molecule has 0 saturated carbocycles. The van der Waals surface area contributed by atoms with Crippen molar-refractivity contribution in [3.05, 3.63) is 366 Å². The van der Waals surface area contributed by atoms with E-state index in [1.807, 2.05) is 0 Å². The molecule has 20 aliphatic rings. The Morgan fingerprint density at radius 2 is 0.562 bits per heavy atom. The molecule has 688 valence electrons. The molecule has 7 nitrogen and oxygen atoms in total. The van der Waals surface area contributed by atoms with Gasteiger partial charge in [-0.1, -0.05) is 91.6 Å². The maximum atomic E-state index is 14.3. The van der Waals surface area contributed by atoms with Gasteiger partial charge in [0.25, 0.3) is 0 Å². The molecule has 0 amide bonds. The zero-order valence-electron chi connectivity index (χ0n) is 81.4. The summed E-state index contributed by atoms with van der Waals surface area (Å²) in [7, 11) is 0.321. The van der Waals surface area contributed by atoms with E-state index in [1.54, 1.807) is 0 Å². The van der Waals surface area contributed by atoms with Crippen LogP contribution in [0.25, 0.3) is 110 Å². The Kier molecular flexibility index (Phi) is 17.2. The number of aromatic nitrogens is 4. The summed E-state index contributed by atoms with van der Waals surface area (Å²) in [5, 5.41) is 15.2. The average Bonchev–Trinajstić information content (AvgIpc) is 1.36. The van der Waals surface area contributed by atoms with Crippen molar-refractivity contribution in [1.29, 1.82) is 0 Å². The van der Waals surface area contributed by atoms with Crippen LogP contribution in [0.5, 0.6) is 0 Å². The van der Waals surface area contributed by atoms with E-state index in [2.05, 4.69) is 396 Å². The predicted molar refractivity (Wildman–Crippen MR) is 651 cm³/mol. The quantitative estimate of drug-likeness (QED) is 0.0769. The molecular formula is C109H85B16F6I3N7P3-6. The van der Waals surface area contributed by atoms with Crippen molar-refractivity contribution in [2.24, 2.45) is 8.75 Å². The van der Waals surface area contributed by atoms with Gasteiger partial charge in [0.05, 0.1) is 5.52 Å². The fourth-order valence-electron chi connectivity index (χ4n) is 36.9. The Morgan fingerprint density at radius 3 is 0.993 bits per heavy atom. The molecule has 0 N–H and O–H groups in total. The zero-order chi connectivity index (χ0) is 93.7. The first-order valence-corrected chi connectivity index (χ1v) is 64.4. The number of fused-ring (bicyclic) bond motifs is 28. The monoisotopic (exact) mass is 2260 g/mol. The molecule has 16 aromatic carbocycles. The maximum absolute atomic E-state index is 14.3. The van der Waals surface area contributed by atoms with Gasteiger partial charge >= 0.3 is 688 Å². The number of aryl methyl sites for hydroxylation is 1. The van der Waals surface area contributed by atoms with Crippen LogP contribution in [-0.4, -0.2) is 122 Å². The van der Waals surface area contributed by atoms with Crippen molar-refractivity contribution in [3.8, 4) is 22.7 Å². The van der Waals surface area contributed by atoms with Gasteiger partial charge in [-0.15, -0.1) is 0 Å². The van der Waals surface area contributed by atoms with Crippen LogP contribution in [-0.2, 0) is 21.7 Å². The van der Waals surface area contributed by atoms with Crippen molar-refractivity contribution in [2.45, 2.75) is 84.0 Å². The molecule has 24 heterocycles. The minimum absolute atomic E-state index is 0. The molecule has 0 radical (unpaired) electrons. The van der Waals surface area contributed by atoms with Crippen LogP contribution in [0.2, 0.25) is 0 Å². The predicted octanol–water partition coefficient (Wildman–Crippen LogP) is 6.73. The van der Waals surface area contributed by atoms with Gasteiger partial charge in [0, 0.05) is 27.4 Å². The van der Waals surface area contributed by atoms with Crippen molar-refractivity contribution < 1.29 is 22.7 Å². The van der Waals surface area contributed by atoms with Gasteiger partial charge in [0.1, 0.15) is 0 Å². The third-order valence-electron chi connectivity index (χ3n) is 43.3. The molecule has 20 aliphatic heterocycles. The summed E-state index contributed by atoms with van der Waals surface area (Å²) in [5.74, 6) is 0. The van der Waals surface area contributed by atoms with Gasteiger partial charge in [-0.05, 0) is 41.1 Å². The van der Waals surface area contributed by atoms with Crippen LogP contribution in [0.1, 0.15) is 105 Å². The summed E-state index contributed by atoms with van der Waals surface area (Å²) in [6.45, 7) is 22.2. The first-order valence-electron chi connectivity index (χ1n) is 51.9. The van der Waals surface area contributed by atoms with E-state index in [9.17, 15) is 8.58 Å². The number of rotatable bonds is 6. The van der Waals surface area contributed by atoms with Crippen LogP contribution < -0.4 is 95.6 Å². The van der Waals surface area contributed by atoms with Crippen molar-refractivity contribution in [3.63, 3.8) is 0 Å². The van der Waals surface area contributed by atoms with E-state index < -0.39 is 84.0 Å². The molecule has 12 saturated heterocycles. The van der Waals surface area contributed by atoms with Gasteiger partial charge in [-0.2, -0.15) is 0 Å². The van der Waals surface area contributed by atoms with Gasteiger partial charge in [-0.3, -0.25) is 0 Å². The van der Waals surface area contributed by atoms with Crippen LogP contribution in [0, 0.1) is 6.92 Å². The number of hydrogen-bond acceptors (Lipinski definition) is 3. The molecule has 6 bridgehead atoms. The summed E-state index contributed by atoms with van der Waals surface area (Å²) in [6, 6.07) is 119. The topological polar surface area (TPSA) is 56.8 Å². The number of para-hydroxylation sites is 7. The van der Waals surface area contributed by atoms with E-state index in [4.69, 9.17) is 8.75 Å². The summed E-state index contributed by atoms with van der Waals surface area (Å²) >= 11 is -4.62. The molecule has 0 unspecified atom stereocenters. The van der Waals surface area contributed by atoms with Gasteiger partial charge in [-0.25, -0.2) is 0 Å². The molecule has 35 heteroatoms.